The highest BCUT2D eigenvalue weighted by atomic mass is 16.4. The smallest absolute Gasteiger partial charge is 0.193 e. The number of hydrogen-bond acceptors (Lipinski definition) is 3. The van der Waals surface area contributed by atoms with Crippen molar-refractivity contribution in [3.63, 3.8) is 0 Å². The van der Waals surface area contributed by atoms with Crippen molar-refractivity contribution in [1.82, 2.24) is 0 Å². The average Bonchev–Trinajstić information content (AvgIpc) is 2.52. The van der Waals surface area contributed by atoms with Crippen LogP contribution in [0.2, 0.25) is 0 Å². The van der Waals surface area contributed by atoms with Crippen LogP contribution < -0.4 is 5.11 Å². The molecule has 2 aromatic rings. The van der Waals surface area contributed by atoms with Crippen LogP contribution in [0.1, 0.15) is 51.6 Å². The zero-order chi connectivity index (χ0) is 15.2. The van der Waals surface area contributed by atoms with Crippen LogP contribution in [0.5, 0.6) is 0 Å². The fraction of sp³-hybridized carbons (Fsp3) is 0.222. The van der Waals surface area contributed by atoms with Gasteiger partial charge in [0, 0.05) is 16.7 Å². The monoisotopic (exact) mass is 281 g/mol. The van der Waals surface area contributed by atoms with Gasteiger partial charge in [0.1, 0.15) is 0 Å². The zero-order valence-electron chi connectivity index (χ0n) is 12.0. The lowest BCUT2D eigenvalue weighted by molar-refractivity contribution is -0.255. The summed E-state index contributed by atoms with van der Waals surface area (Å²) in [5.41, 5.74) is 1.71. The van der Waals surface area contributed by atoms with Gasteiger partial charge >= 0.3 is 0 Å². The first-order valence-corrected chi connectivity index (χ1v) is 7.08. The molecule has 0 aliphatic heterocycles. The second-order valence-corrected chi connectivity index (χ2v) is 4.92. The van der Waals surface area contributed by atoms with Crippen LogP contribution in [0.4, 0.5) is 0 Å². The molecule has 0 heterocycles. The molecule has 0 amide bonds. The summed E-state index contributed by atoms with van der Waals surface area (Å²) in [5, 5.41) is 11.3. The number of rotatable bonds is 6. The van der Waals surface area contributed by atoms with Crippen LogP contribution in [0, 0.1) is 0 Å². The van der Waals surface area contributed by atoms with E-state index in [2.05, 4.69) is 0 Å². The highest BCUT2D eigenvalue weighted by Crippen LogP contribution is 2.20. The lowest BCUT2D eigenvalue weighted by Gasteiger charge is -2.14. The van der Waals surface area contributed by atoms with Crippen LogP contribution in [-0.2, 0) is 6.42 Å². The van der Waals surface area contributed by atoms with Crippen LogP contribution in [0.25, 0.3) is 0 Å². The Morgan fingerprint density at radius 2 is 1.62 bits per heavy atom. The lowest BCUT2D eigenvalue weighted by Crippen LogP contribution is -2.25. The first-order valence-electron chi connectivity index (χ1n) is 7.08. The number of ketones is 1. The number of hydrogen-bond donors (Lipinski definition) is 0. The molecule has 0 fully saturated rings. The molecule has 0 saturated carbocycles. The number of benzene rings is 2. The Morgan fingerprint density at radius 1 is 0.952 bits per heavy atom. The van der Waals surface area contributed by atoms with Gasteiger partial charge in [-0.25, -0.2) is 0 Å². The van der Waals surface area contributed by atoms with Gasteiger partial charge in [-0.1, -0.05) is 61.9 Å². The predicted octanol–water partition coefficient (Wildman–Crippen LogP) is 2.62. The van der Waals surface area contributed by atoms with E-state index in [1.54, 1.807) is 36.4 Å². The van der Waals surface area contributed by atoms with Gasteiger partial charge in [-0.05, 0) is 18.4 Å². The maximum Gasteiger partial charge on any atom is 0.193 e. The second-order valence-electron chi connectivity index (χ2n) is 4.92. The third kappa shape index (κ3) is 3.37. The summed E-state index contributed by atoms with van der Waals surface area (Å²) in [6.07, 6.45) is 2.33. The minimum atomic E-state index is -1.23. The molecule has 0 unspecified atom stereocenters. The molecule has 108 valence electrons. The third-order valence-electron chi connectivity index (χ3n) is 3.46. The van der Waals surface area contributed by atoms with E-state index in [4.69, 9.17) is 0 Å². The number of carbonyl (C=O) groups is 2. The summed E-state index contributed by atoms with van der Waals surface area (Å²) in [5.74, 6) is -1.38. The summed E-state index contributed by atoms with van der Waals surface area (Å²) in [4.78, 5) is 23.9. The van der Waals surface area contributed by atoms with E-state index in [1.807, 2.05) is 13.0 Å². The molecule has 21 heavy (non-hydrogen) atoms. The first-order chi connectivity index (χ1) is 10.1. The van der Waals surface area contributed by atoms with Gasteiger partial charge in [0.2, 0.25) is 0 Å². The highest BCUT2D eigenvalue weighted by Gasteiger charge is 2.16. The van der Waals surface area contributed by atoms with Crippen LogP contribution in [-0.4, -0.2) is 11.8 Å². The zero-order valence-corrected chi connectivity index (χ0v) is 12.0. The molecule has 0 N–H and O–H groups in total. The summed E-state index contributed by atoms with van der Waals surface area (Å²) in [6.45, 7) is 2.03. The van der Waals surface area contributed by atoms with Crippen molar-refractivity contribution in [2.75, 3.05) is 0 Å². The Kier molecular flexibility index (Phi) is 4.88. The lowest BCUT2D eigenvalue weighted by atomic mass is 9.91. The number of carbonyl (C=O) groups excluding carboxylic acids is 2. The Hall–Kier alpha value is -2.42. The standard InChI is InChI=1S/C18H18O3/c1-2-3-10-14-15(11-7-12-16(14)18(20)21)17(19)13-8-5-4-6-9-13/h4-9,11-12H,2-3,10H2,1H3,(H,20,21)/p-1. The van der Waals surface area contributed by atoms with Crippen LogP contribution in [0.3, 0.4) is 0 Å². The van der Waals surface area contributed by atoms with Gasteiger partial charge in [-0.3, -0.25) is 4.79 Å². The van der Waals surface area contributed by atoms with E-state index in [0.717, 1.165) is 12.8 Å². The SMILES string of the molecule is CCCCc1c(C(=O)[O-])cccc1C(=O)c1ccccc1. The molecular formula is C18H17O3-. The minimum absolute atomic E-state index is 0.116. The van der Waals surface area contributed by atoms with Crippen molar-refractivity contribution in [2.45, 2.75) is 26.2 Å². The maximum absolute atomic E-state index is 12.6. The number of unbranched alkanes of at least 4 members (excludes halogenated alkanes) is 1. The summed E-state index contributed by atoms with van der Waals surface area (Å²) in [7, 11) is 0. The van der Waals surface area contributed by atoms with Crippen molar-refractivity contribution in [3.05, 3.63) is 70.8 Å². The summed E-state index contributed by atoms with van der Waals surface area (Å²) < 4.78 is 0. The van der Waals surface area contributed by atoms with Gasteiger partial charge in [0.15, 0.2) is 5.78 Å². The minimum Gasteiger partial charge on any atom is -0.545 e. The fourth-order valence-electron chi connectivity index (χ4n) is 2.36. The summed E-state index contributed by atoms with van der Waals surface area (Å²) >= 11 is 0. The van der Waals surface area contributed by atoms with Crippen molar-refractivity contribution in [3.8, 4) is 0 Å². The average molecular weight is 281 g/mol. The Balaban J connectivity index is 2.49. The van der Waals surface area contributed by atoms with E-state index in [-0.39, 0.29) is 11.3 Å². The molecule has 3 heteroatoms. The highest BCUT2D eigenvalue weighted by molar-refractivity contribution is 6.11. The molecule has 0 bridgehead atoms. The molecule has 0 aliphatic carbocycles. The van der Waals surface area contributed by atoms with E-state index in [1.165, 1.54) is 6.07 Å². The van der Waals surface area contributed by atoms with E-state index in [9.17, 15) is 14.7 Å². The number of aromatic carboxylic acids is 1. The molecule has 2 aromatic carbocycles. The number of carboxylic acids is 1. The van der Waals surface area contributed by atoms with E-state index < -0.39 is 5.97 Å². The molecule has 3 nitrogen and oxygen atoms in total. The van der Waals surface area contributed by atoms with Gasteiger partial charge < -0.3 is 9.90 Å². The predicted molar refractivity (Wildman–Crippen MR) is 79.3 cm³/mol. The van der Waals surface area contributed by atoms with Crippen LogP contribution in [0.15, 0.2) is 48.5 Å². The van der Waals surface area contributed by atoms with Crippen molar-refractivity contribution in [1.29, 1.82) is 0 Å². The first kappa shape index (κ1) is 15.0. The topological polar surface area (TPSA) is 57.2 Å². The van der Waals surface area contributed by atoms with Crippen molar-refractivity contribution in [2.24, 2.45) is 0 Å². The van der Waals surface area contributed by atoms with Gasteiger partial charge in [-0.15, -0.1) is 0 Å². The summed E-state index contributed by atoms with van der Waals surface area (Å²) in [6, 6.07) is 13.7. The molecule has 0 radical (unpaired) electrons. The molecule has 0 atom stereocenters. The fourth-order valence-corrected chi connectivity index (χ4v) is 2.36. The second kappa shape index (κ2) is 6.84. The molecular weight excluding hydrogens is 264 g/mol. The maximum atomic E-state index is 12.6. The molecule has 0 saturated heterocycles. The Bertz CT molecular complexity index is 645. The van der Waals surface area contributed by atoms with E-state index >= 15 is 0 Å². The normalized spacial score (nSPS) is 10.3. The molecule has 0 spiro atoms. The van der Waals surface area contributed by atoms with Gasteiger partial charge in [0.05, 0.1) is 5.97 Å². The van der Waals surface area contributed by atoms with Gasteiger partial charge in [0.25, 0.3) is 0 Å². The van der Waals surface area contributed by atoms with Crippen LogP contribution >= 0.6 is 0 Å². The van der Waals surface area contributed by atoms with Crippen molar-refractivity contribution >= 4 is 11.8 Å². The molecule has 0 aromatic heterocycles. The van der Waals surface area contributed by atoms with E-state index in [0.29, 0.717) is 23.1 Å². The Morgan fingerprint density at radius 3 is 2.24 bits per heavy atom. The molecule has 0 aliphatic rings. The Labute approximate surface area is 124 Å². The number of carboxylic acid groups (broad SMARTS) is 1. The van der Waals surface area contributed by atoms with Gasteiger partial charge in [-0.2, -0.15) is 0 Å². The quantitative estimate of drug-likeness (QED) is 0.765. The van der Waals surface area contributed by atoms with Crippen molar-refractivity contribution < 1.29 is 14.7 Å². The largest absolute Gasteiger partial charge is 0.545 e. The molecule has 2 rings (SSSR count). The third-order valence-corrected chi connectivity index (χ3v) is 3.46.